The topological polar surface area (TPSA) is 164 Å². The molecule has 0 aliphatic carbocycles. The van der Waals surface area contributed by atoms with Crippen molar-refractivity contribution in [1.82, 2.24) is 0 Å². The Morgan fingerprint density at radius 2 is 1.63 bits per heavy atom. The monoisotopic (exact) mass is 492 g/mol. The Kier molecular flexibility index (Phi) is 8.54. The largest absolute Gasteiger partial charge is 0.507 e. The molecule has 2 aromatic carbocycles. The molecular weight excluding hydrogens is 464 g/mol. The van der Waals surface area contributed by atoms with Crippen LogP contribution in [0, 0.1) is 0 Å². The molecule has 0 amide bonds. The lowest BCUT2D eigenvalue weighted by atomic mass is 9.99. The van der Waals surface area contributed by atoms with Gasteiger partial charge in [0.25, 0.3) is 0 Å². The summed E-state index contributed by atoms with van der Waals surface area (Å²) in [6.45, 7) is -0.645. The minimum Gasteiger partial charge on any atom is -0.507 e. The summed E-state index contributed by atoms with van der Waals surface area (Å²) in [6.07, 6.45) is -4.99. The lowest BCUT2D eigenvalue weighted by Gasteiger charge is -2.39. The van der Waals surface area contributed by atoms with Gasteiger partial charge in [-0.1, -0.05) is 12.1 Å². The number of aliphatic hydroxyl groups is 4. The van der Waals surface area contributed by atoms with Gasteiger partial charge in [-0.25, -0.2) is 0 Å². The van der Waals surface area contributed by atoms with Gasteiger partial charge in [0, 0.05) is 0 Å². The predicted octanol–water partition coefficient (Wildman–Crippen LogP) is 0.493. The molecule has 11 heteroatoms. The molecule has 190 valence electrons. The molecule has 1 heterocycles. The minimum absolute atomic E-state index is 0.145. The van der Waals surface area contributed by atoms with Crippen LogP contribution in [0.1, 0.15) is 15.9 Å². The van der Waals surface area contributed by atoms with E-state index in [0.29, 0.717) is 22.8 Å². The van der Waals surface area contributed by atoms with Crippen LogP contribution in [0.3, 0.4) is 0 Å². The van der Waals surface area contributed by atoms with Gasteiger partial charge in [-0.05, 0) is 35.9 Å². The number of ketones is 1. The standard InChI is InChI=1S/C24H28O11/c1-31-16-9-12(10-17(32-2)23(16)33-3)7-8-14(27)19-13(26)5-4-6-15(19)34-24-22(30)21(29)20(28)18(11-25)35-24/h4-10,18,20-22,24-26,28-30H,11H2,1-3H3/b8-7+/t18-,20-,21+,22-,24-/m1/s1. The smallest absolute Gasteiger partial charge is 0.229 e. The molecule has 1 aliphatic heterocycles. The molecule has 1 saturated heterocycles. The molecule has 11 nitrogen and oxygen atoms in total. The first kappa shape index (κ1) is 26.3. The van der Waals surface area contributed by atoms with Crippen molar-refractivity contribution in [2.24, 2.45) is 0 Å². The highest BCUT2D eigenvalue weighted by Gasteiger charge is 2.45. The highest BCUT2D eigenvalue weighted by molar-refractivity contribution is 6.10. The highest BCUT2D eigenvalue weighted by atomic mass is 16.7. The Bertz CT molecular complexity index is 1040. The Morgan fingerprint density at radius 3 is 2.20 bits per heavy atom. The van der Waals surface area contributed by atoms with Crippen LogP contribution >= 0.6 is 0 Å². The van der Waals surface area contributed by atoms with Crippen LogP contribution in [0.25, 0.3) is 6.08 Å². The summed E-state index contributed by atoms with van der Waals surface area (Å²) >= 11 is 0. The second-order valence-electron chi connectivity index (χ2n) is 7.62. The van der Waals surface area contributed by atoms with Gasteiger partial charge in [-0.2, -0.15) is 0 Å². The predicted molar refractivity (Wildman–Crippen MR) is 122 cm³/mol. The summed E-state index contributed by atoms with van der Waals surface area (Å²) in [4.78, 5) is 13.0. The fraction of sp³-hybridized carbons (Fsp3) is 0.375. The van der Waals surface area contributed by atoms with Crippen molar-refractivity contribution >= 4 is 11.9 Å². The molecule has 2 aromatic rings. The SMILES string of the molecule is COc1cc(/C=C/C(=O)c2c(O)cccc2O[C@@H]2O[C@H](CO)[C@@H](O)[C@H](O)[C@H]2O)cc(OC)c1OC. The zero-order valence-corrected chi connectivity index (χ0v) is 19.3. The number of carbonyl (C=O) groups excluding carboxylic acids is 1. The van der Waals surface area contributed by atoms with Crippen molar-refractivity contribution in [3.05, 3.63) is 47.5 Å². The van der Waals surface area contributed by atoms with Crippen molar-refractivity contribution in [2.75, 3.05) is 27.9 Å². The third-order valence-electron chi connectivity index (χ3n) is 5.46. The number of methoxy groups -OCH3 is 3. The Balaban J connectivity index is 1.89. The van der Waals surface area contributed by atoms with Crippen molar-refractivity contribution in [1.29, 1.82) is 0 Å². The van der Waals surface area contributed by atoms with E-state index in [-0.39, 0.29) is 11.3 Å². The van der Waals surface area contributed by atoms with Crippen LogP contribution in [0.4, 0.5) is 0 Å². The van der Waals surface area contributed by atoms with E-state index >= 15 is 0 Å². The van der Waals surface area contributed by atoms with Gasteiger partial charge in [0.05, 0.1) is 27.9 Å². The molecule has 1 aliphatic rings. The number of rotatable bonds is 9. The van der Waals surface area contributed by atoms with E-state index in [1.54, 1.807) is 12.1 Å². The van der Waals surface area contributed by atoms with Crippen molar-refractivity contribution < 1.29 is 54.0 Å². The summed E-state index contributed by atoms with van der Waals surface area (Å²) in [5.41, 5.74) is 0.313. The number of allylic oxidation sites excluding steroid dienone is 1. The Hall–Kier alpha value is -3.35. The van der Waals surface area contributed by atoms with Crippen LogP contribution in [-0.4, -0.2) is 90.0 Å². The molecule has 5 atom stereocenters. The van der Waals surface area contributed by atoms with Gasteiger partial charge < -0.3 is 49.2 Å². The maximum absolute atomic E-state index is 13.0. The van der Waals surface area contributed by atoms with E-state index in [9.17, 15) is 30.3 Å². The van der Waals surface area contributed by atoms with E-state index in [2.05, 4.69) is 0 Å². The van der Waals surface area contributed by atoms with Gasteiger partial charge in [-0.15, -0.1) is 0 Å². The number of phenols is 1. The van der Waals surface area contributed by atoms with E-state index in [1.807, 2.05) is 0 Å². The second kappa shape index (κ2) is 11.4. The third-order valence-corrected chi connectivity index (χ3v) is 5.46. The third kappa shape index (κ3) is 5.50. The first-order valence-electron chi connectivity index (χ1n) is 10.6. The highest BCUT2D eigenvalue weighted by Crippen LogP contribution is 2.39. The molecule has 0 bridgehead atoms. The van der Waals surface area contributed by atoms with Crippen molar-refractivity contribution in [3.8, 4) is 28.7 Å². The van der Waals surface area contributed by atoms with Crippen LogP contribution in [0.15, 0.2) is 36.4 Å². The number of ether oxygens (including phenoxy) is 5. The molecule has 5 N–H and O–H groups in total. The molecule has 3 rings (SSSR count). The Morgan fingerprint density at radius 1 is 0.971 bits per heavy atom. The number of aromatic hydroxyl groups is 1. The number of carbonyl (C=O) groups is 1. The molecule has 0 saturated carbocycles. The Labute approximate surface area is 201 Å². The van der Waals surface area contributed by atoms with E-state index in [1.165, 1.54) is 51.7 Å². The fourth-order valence-electron chi connectivity index (χ4n) is 3.61. The summed E-state index contributed by atoms with van der Waals surface area (Å²) in [6, 6.07) is 7.30. The molecule has 0 aromatic heterocycles. The van der Waals surface area contributed by atoms with Crippen LogP contribution in [-0.2, 0) is 4.74 Å². The quantitative estimate of drug-likeness (QED) is 0.244. The molecule has 35 heavy (non-hydrogen) atoms. The maximum Gasteiger partial charge on any atom is 0.229 e. The minimum atomic E-state index is -1.69. The van der Waals surface area contributed by atoms with Crippen molar-refractivity contribution in [3.63, 3.8) is 0 Å². The summed E-state index contributed by atoms with van der Waals surface area (Å²) < 4.78 is 26.8. The fourth-order valence-corrected chi connectivity index (χ4v) is 3.61. The first-order chi connectivity index (χ1) is 16.7. The number of phenolic OH excluding ortho intramolecular Hbond substituents is 1. The zero-order valence-electron chi connectivity index (χ0n) is 19.3. The molecular formula is C24H28O11. The average molecular weight is 492 g/mol. The van der Waals surface area contributed by atoms with Gasteiger partial charge in [0.1, 0.15) is 41.5 Å². The molecule has 1 fully saturated rings. The summed E-state index contributed by atoms with van der Waals surface area (Å²) in [5.74, 6) is -0.0346. The van der Waals surface area contributed by atoms with Crippen LogP contribution in [0.5, 0.6) is 28.7 Å². The van der Waals surface area contributed by atoms with Crippen molar-refractivity contribution in [2.45, 2.75) is 30.7 Å². The van der Waals surface area contributed by atoms with E-state index in [0.717, 1.165) is 0 Å². The second-order valence-corrected chi connectivity index (χ2v) is 7.62. The number of benzene rings is 2. The molecule has 0 spiro atoms. The van der Waals surface area contributed by atoms with E-state index in [4.69, 9.17) is 23.7 Å². The molecule has 0 radical (unpaired) electrons. The number of hydrogen-bond donors (Lipinski definition) is 5. The summed E-state index contributed by atoms with van der Waals surface area (Å²) in [5, 5.41) is 49.9. The van der Waals surface area contributed by atoms with Gasteiger partial charge >= 0.3 is 0 Å². The first-order valence-corrected chi connectivity index (χ1v) is 10.6. The van der Waals surface area contributed by atoms with Crippen LogP contribution < -0.4 is 18.9 Å². The van der Waals surface area contributed by atoms with Gasteiger partial charge in [0.2, 0.25) is 12.0 Å². The lowest BCUT2D eigenvalue weighted by Crippen LogP contribution is -2.60. The lowest BCUT2D eigenvalue weighted by molar-refractivity contribution is -0.277. The summed E-state index contributed by atoms with van der Waals surface area (Å²) in [7, 11) is 4.38. The van der Waals surface area contributed by atoms with Gasteiger partial charge in [-0.3, -0.25) is 4.79 Å². The average Bonchev–Trinajstić information content (AvgIpc) is 2.86. The zero-order chi connectivity index (χ0) is 25.7. The number of hydrogen-bond acceptors (Lipinski definition) is 11. The van der Waals surface area contributed by atoms with E-state index < -0.39 is 48.8 Å². The van der Waals surface area contributed by atoms with Gasteiger partial charge in [0.15, 0.2) is 17.3 Å². The normalized spacial score (nSPS) is 24.3. The number of aliphatic hydroxyl groups excluding tert-OH is 4. The van der Waals surface area contributed by atoms with Crippen LogP contribution in [0.2, 0.25) is 0 Å². The maximum atomic E-state index is 13.0. The molecule has 0 unspecified atom stereocenters.